The maximum atomic E-state index is 10.7. The number of nitro groups is 1. The van der Waals surface area contributed by atoms with Crippen LogP contribution >= 0.6 is 11.6 Å². The van der Waals surface area contributed by atoms with E-state index in [9.17, 15) is 14.9 Å². The van der Waals surface area contributed by atoms with Crippen molar-refractivity contribution >= 4 is 28.9 Å². The zero-order valence-corrected chi connectivity index (χ0v) is 8.41. The summed E-state index contributed by atoms with van der Waals surface area (Å²) in [5.74, 6) is -1.37. The van der Waals surface area contributed by atoms with Crippen molar-refractivity contribution in [1.29, 1.82) is 0 Å². The summed E-state index contributed by atoms with van der Waals surface area (Å²) in [6, 6.07) is 2.40. The number of carboxylic acids is 1. The minimum atomic E-state index is -1.37. The van der Waals surface area contributed by atoms with Crippen LogP contribution in [0.3, 0.4) is 0 Å². The van der Waals surface area contributed by atoms with E-state index in [1.807, 2.05) is 0 Å². The van der Waals surface area contributed by atoms with E-state index >= 15 is 0 Å². The molecule has 0 aliphatic heterocycles. The average molecular weight is 231 g/mol. The highest BCUT2D eigenvalue weighted by Gasteiger charge is 2.25. The summed E-state index contributed by atoms with van der Waals surface area (Å²) < 4.78 is 0. The van der Waals surface area contributed by atoms with Gasteiger partial charge in [0.05, 0.1) is 9.95 Å². The monoisotopic (exact) mass is 230 g/mol. The van der Waals surface area contributed by atoms with Crippen LogP contribution in [0.4, 0.5) is 11.4 Å². The third-order valence-corrected chi connectivity index (χ3v) is 2.11. The molecule has 0 amide bonds. The second-order valence-corrected chi connectivity index (χ2v) is 3.04. The van der Waals surface area contributed by atoms with Crippen molar-refractivity contribution in [2.75, 3.05) is 12.4 Å². The fourth-order valence-corrected chi connectivity index (χ4v) is 1.41. The third-order valence-electron chi connectivity index (χ3n) is 1.79. The number of halogens is 1. The maximum absolute atomic E-state index is 10.7. The van der Waals surface area contributed by atoms with Gasteiger partial charge in [-0.15, -0.1) is 0 Å². The highest BCUT2D eigenvalue weighted by atomic mass is 35.5. The third kappa shape index (κ3) is 1.99. The topological polar surface area (TPSA) is 92.5 Å². The van der Waals surface area contributed by atoms with Crippen molar-refractivity contribution in [2.24, 2.45) is 0 Å². The molecule has 1 rings (SSSR count). The molecule has 15 heavy (non-hydrogen) atoms. The van der Waals surface area contributed by atoms with Crippen molar-refractivity contribution in [2.45, 2.75) is 0 Å². The molecule has 0 saturated heterocycles. The highest BCUT2D eigenvalue weighted by molar-refractivity contribution is 6.34. The van der Waals surface area contributed by atoms with Gasteiger partial charge in [-0.1, -0.05) is 11.6 Å². The van der Waals surface area contributed by atoms with Gasteiger partial charge in [-0.25, -0.2) is 4.79 Å². The molecule has 0 aliphatic carbocycles. The summed E-state index contributed by atoms with van der Waals surface area (Å²) in [6.07, 6.45) is 0. The van der Waals surface area contributed by atoms with Crippen molar-refractivity contribution < 1.29 is 14.8 Å². The molecule has 7 heteroatoms. The standard InChI is InChI=1S/C8H7ClN2O4/c1-10-6-5(9)3-2-4(8(12)13)7(6)11(14)15/h2-3,10H,1H3,(H,12,13). The Hall–Kier alpha value is -1.82. The van der Waals surface area contributed by atoms with Crippen LogP contribution < -0.4 is 5.32 Å². The molecule has 80 valence electrons. The molecule has 0 spiro atoms. The van der Waals surface area contributed by atoms with Gasteiger partial charge < -0.3 is 10.4 Å². The SMILES string of the molecule is CNc1c(Cl)ccc(C(=O)O)c1[N+](=O)[O-]. The fourth-order valence-electron chi connectivity index (χ4n) is 1.17. The van der Waals surface area contributed by atoms with E-state index in [-0.39, 0.29) is 10.7 Å². The minimum Gasteiger partial charge on any atom is -0.477 e. The smallest absolute Gasteiger partial charge is 0.342 e. The molecule has 0 heterocycles. The lowest BCUT2D eigenvalue weighted by Gasteiger charge is -2.06. The van der Waals surface area contributed by atoms with Gasteiger partial charge in [0.25, 0.3) is 0 Å². The molecular weight excluding hydrogens is 224 g/mol. The Morgan fingerprint density at radius 3 is 2.60 bits per heavy atom. The summed E-state index contributed by atoms with van der Waals surface area (Å²) in [7, 11) is 1.43. The van der Waals surface area contributed by atoms with Gasteiger partial charge in [-0.3, -0.25) is 10.1 Å². The molecule has 0 saturated carbocycles. The van der Waals surface area contributed by atoms with E-state index in [4.69, 9.17) is 16.7 Å². The van der Waals surface area contributed by atoms with Gasteiger partial charge in [0.1, 0.15) is 11.3 Å². The minimum absolute atomic E-state index is 0.00145. The van der Waals surface area contributed by atoms with E-state index in [0.29, 0.717) is 0 Å². The van der Waals surface area contributed by atoms with Crippen LogP contribution in [-0.4, -0.2) is 23.0 Å². The number of nitrogens with zero attached hydrogens (tertiary/aromatic N) is 1. The van der Waals surface area contributed by atoms with E-state index < -0.39 is 22.1 Å². The Labute approximate surface area is 89.6 Å². The van der Waals surface area contributed by atoms with Crippen LogP contribution in [0, 0.1) is 10.1 Å². The number of anilines is 1. The number of benzene rings is 1. The second kappa shape index (κ2) is 4.14. The Morgan fingerprint density at radius 1 is 1.60 bits per heavy atom. The summed E-state index contributed by atoms with van der Waals surface area (Å²) in [5.41, 5.74) is -0.923. The number of carbonyl (C=O) groups is 1. The Bertz CT molecular complexity index is 433. The molecule has 0 aromatic heterocycles. The Balaban J connectivity index is 3.56. The van der Waals surface area contributed by atoms with Gasteiger partial charge in [0.15, 0.2) is 0 Å². The van der Waals surface area contributed by atoms with Crippen molar-refractivity contribution in [3.05, 3.63) is 32.8 Å². The lowest BCUT2D eigenvalue weighted by atomic mass is 10.1. The zero-order valence-electron chi connectivity index (χ0n) is 7.65. The van der Waals surface area contributed by atoms with Crippen LogP contribution in [0.25, 0.3) is 0 Å². The molecule has 6 nitrogen and oxygen atoms in total. The molecule has 0 fully saturated rings. The number of nitrogens with one attached hydrogen (secondary N) is 1. The number of rotatable bonds is 3. The first-order valence-corrected chi connectivity index (χ1v) is 4.24. The molecule has 0 radical (unpaired) electrons. The van der Waals surface area contributed by atoms with E-state index in [1.54, 1.807) is 0 Å². The van der Waals surface area contributed by atoms with Gasteiger partial charge in [-0.2, -0.15) is 0 Å². The average Bonchev–Trinajstić information content (AvgIpc) is 2.16. The van der Waals surface area contributed by atoms with Crippen LogP contribution in [0.2, 0.25) is 5.02 Å². The Kier molecular flexibility index (Phi) is 3.11. The first kappa shape index (κ1) is 11.3. The molecule has 0 atom stereocenters. The number of carboxylic acid groups (broad SMARTS) is 1. The highest BCUT2D eigenvalue weighted by Crippen LogP contribution is 2.34. The van der Waals surface area contributed by atoms with Gasteiger partial charge in [0, 0.05) is 7.05 Å². The number of aromatic carboxylic acids is 1. The van der Waals surface area contributed by atoms with Crippen LogP contribution in [0.15, 0.2) is 12.1 Å². The van der Waals surface area contributed by atoms with Gasteiger partial charge in [-0.05, 0) is 12.1 Å². The zero-order chi connectivity index (χ0) is 11.6. The van der Waals surface area contributed by atoms with Crippen molar-refractivity contribution in [3.8, 4) is 0 Å². The molecular formula is C8H7ClN2O4. The lowest BCUT2D eigenvalue weighted by molar-refractivity contribution is -0.384. The molecule has 2 N–H and O–H groups in total. The summed E-state index contributed by atoms with van der Waals surface area (Å²) in [6.45, 7) is 0. The normalized spacial score (nSPS) is 9.73. The van der Waals surface area contributed by atoms with Crippen molar-refractivity contribution in [1.82, 2.24) is 0 Å². The lowest BCUT2D eigenvalue weighted by Crippen LogP contribution is -2.06. The Morgan fingerprint density at radius 2 is 2.20 bits per heavy atom. The van der Waals surface area contributed by atoms with Crippen LogP contribution in [0.1, 0.15) is 10.4 Å². The summed E-state index contributed by atoms with van der Waals surface area (Å²) in [5, 5.41) is 22.1. The summed E-state index contributed by atoms with van der Waals surface area (Å²) >= 11 is 5.69. The van der Waals surface area contributed by atoms with E-state index in [2.05, 4.69) is 5.32 Å². The first-order chi connectivity index (χ1) is 6.99. The quantitative estimate of drug-likeness (QED) is 0.612. The first-order valence-electron chi connectivity index (χ1n) is 3.87. The maximum Gasteiger partial charge on any atom is 0.342 e. The number of nitro benzene ring substituents is 1. The molecule has 0 unspecified atom stereocenters. The molecule has 1 aromatic carbocycles. The van der Waals surface area contributed by atoms with Crippen molar-refractivity contribution in [3.63, 3.8) is 0 Å². The molecule has 0 aliphatic rings. The van der Waals surface area contributed by atoms with Crippen LogP contribution in [-0.2, 0) is 0 Å². The van der Waals surface area contributed by atoms with Crippen LogP contribution in [0.5, 0.6) is 0 Å². The van der Waals surface area contributed by atoms with Gasteiger partial charge >= 0.3 is 11.7 Å². The predicted molar refractivity (Wildman–Crippen MR) is 54.6 cm³/mol. The summed E-state index contributed by atoms with van der Waals surface area (Å²) in [4.78, 5) is 20.7. The number of hydrogen-bond acceptors (Lipinski definition) is 4. The largest absolute Gasteiger partial charge is 0.477 e. The molecule has 0 bridgehead atoms. The van der Waals surface area contributed by atoms with Gasteiger partial charge in [0.2, 0.25) is 0 Å². The number of hydrogen-bond donors (Lipinski definition) is 2. The fraction of sp³-hybridized carbons (Fsp3) is 0.125. The second-order valence-electron chi connectivity index (χ2n) is 2.63. The van der Waals surface area contributed by atoms with E-state index in [1.165, 1.54) is 13.1 Å². The van der Waals surface area contributed by atoms with E-state index in [0.717, 1.165) is 6.07 Å². The predicted octanol–water partition coefficient (Wildman–Crippen LogP) is 1.99. The molecule has 1 aromatic rings.